The van der Waals surface area contributed by atoms with E-state index in [1.54, 1.807) is 22.9 Å². The largest absolute Gasteiger partial charge is 0.457 e. The number of alkyl carbamates (subject to hydrolysis) is 2. The lowest BCUT2D eigenvalue weighted by Gasteiger charge is -2.29. The van der Waals surface area contributed by atoms with Gasteiger partial charge >= 0.3 is 12.2 Å². The van der Waals surface area contributed by atoms with E-state index in [2.05, 4.69) is 58.8 Å². The van der Waals surface area contributed by atoms with Gasteiger partial charge in [-0.2, -0.15) is 0 Å². The number of unbranched alkanes of at least 4 members (excludes halogenated alkanes) is 1. The number of methoxy groups -OCH3 is 2. The average molecular weight is 787 g/mol. The molecule has 0 unspecified atom stereocenters. The molecule has 2 aliphatic heterocycles. The number of ether oxygens (including phenoxy) is 3. The second kappa shape index (κ2) is 18.0. The number of aromatic nitrogens is 4. The fourth-order valence-electron chi connectivity index (χ4n) is 6.78. The second-order valence-corrected chi connectivity index (χ2v) is 15.6. The highest BCUT2D eigenvalue weighted by molar-refractivity contribution is 7.99. The Morgan fingerprint density at radius 2 is 1.54 bits per heavy atom. The van der Waals surface area contributed by atoms with Crippen molar-refractivity contribution in [1.29, 1.82) is 0 Å². The van der Waals surface area contributed by atoms with Gasteiger partial charge in [-0.3, -0.25) is 9.59 Å². The van der Waals surface area contributed by atoms with Crippen LogP contribution in [0.25, 0.3) is 22.5 Å². The molecule has 4 amide bonds. The molecule has 6 rings (SSSR count). The molecule has 0 aliphatic carbocycles. The van der Waals surface area contributed by atoms with Gasteiger partial charge in [0.1, 0.15) is 35.2 Å². The summed E-state index contributed by atoms with van der Waals surface area (Å²) in [6, 6.07) is 10.7. The number of aryl methyl sites for hydroxylation is 1. The fraction of sp³-hybridized carbons (Fsp3) is 0.450. The van der Waals surface area contributed by atoms with Gasteiger partial charge in [0.2, 0.25) is 11.8 Å². The lowest BCUT2D eigenvalue weighted by atomic mass is 9.96. The van der Waals surface area contributed by atoms with Crippen molar-refractivity contribution in [3.05, 3.63) is 71.6 Å². The first kappa shape index (κ1) is 40.2. The first-order valence-corrected chi connectivity index (χ1v) is 20.0. The Hall–Kier alpha value is -5.51. The molecule has 2 aromatic carbocycles. The van der Waals surface area contributed by atoms with Crippen LogP contribution in [0.3, 0.4) is 0 Å². The number of nitrogens with zero attached hydrogens (tertiary/aromatic N) is 3. The van der Waals surface area contributed by atoms with Gasteiger partial charge in [-0.1, -0.05) is 39.8 Å². The predicted octanol–water partition coefficient (Wildman–Crippen LogP) is 5.94. The van der Waals surface area contributed by atoms with Gasteiger partial charge in [-0.25, -0.2) is 19.6 Å². The molecule has 4 aromatic rings. The lowest BCUT2D eigenvalue weighted by molar-refractivity contribution is -0.135. The topological polar surface area (TPSA) is 193 Å². The van der Waals surface area contributed by atoms with E-state index in [0.717, 1.165) is 70.2 Å². The second-order valence-electron chi connectivity index (χ2n) is 14.6. The van der Waals surface area contributed by atoms with Crippen molar-refractivity contribution >= 4 is 35.8 Å². The number of hydrogen-bond acceptors (Lipinski definition) is 10. The van der Waals surface area contributed by atoms with Gasteiger partial charge in [0.05, 0.1) is 49.9 Å². The van der Waals surface area contributed by atoms with Crippen LogP contribution in [0.2, 0.25) is 0 Å². The van der Waals surface area contributed by atoms with Crippen LogP contribution in [0, 0.1) is 11.8 Å². The summed E-state index contributed by atoms with van der Waals surface area (Å²) in [4.78, 5) is 67.6. The van der Waals surface area contributed by atoms with Crippen LogP contribution in [0.15, 0.2) is 48.8 Å². The molecule has 56 heavy (non-hydrogen) atoms. The SMILES string of the molecule is COC(=O)N[C@H](C(=O)NCCCCc1ncc(-c2ccc3c(c2)Oc2ccc(-c4cnc([C@@H]5CSCN5C(=O)[C@@H](NC(=O)OC)C(C)C)[nH]4)cc2C3)[nH]1)C(C)C. The number of nitrogens with one attached hydrogen (secondary N) is 5. The number of aromatic amines is 2. The van der Waals surface area contributed by atoms with E-state index in [4.69, 9.17) is 9.47 Å². The Kier molecular flexibility index (Phi) is 12.9. The molecule has 0 bridgehead atoms. The molecule has 298 valence electrons. The standard InChI is InChI=1S/C40H50N8O7S/c1-22(2)34(46-39(51)53-5)37(49)41-14-8-7-9-33-42-18-28(44-33)25-10-11-26-16-27-15-24(12-13-31(27)55-32(26)17-25)29-19-43-36(45-29)30-20-56-21-48(30)38(50)35(23(3)4)47-40(52)54-6/h10-13,15,17-19,22-23,30,34-35H,7-9,14,16,20-21H2,1-6H3,(H,41,49)(H,42,44)(H,43,45)(H,46,51)(H,47,52)/t30-,34-,35-/m0/s1. The highest BCUT2D eigenvalue weighted by Gasteiger charge is 2.38. The molecular weight excluding hydrogens is 737 g/mol. The lowest BCUT2D eigenvalue weighted by Crippen LogP contribution is -2.51. The van der Waals surface area contributed by atoms with Gasteiger partial charge in [0.15, 0.2) is 0 Å². The summed E-state index contributed by atoms with van der Waals surface area (Å²) < 4.78 is 15.8. The third-order valence-corrected chi connectivity index (χ3v) is 11.0. The molecule has 4 heterocycles. The zero-order chi connectivity index (χ0) is 39.9. The summed E-state index contributed by atoms with van der Waals surface area (Å²) >= 11 is 1.65. The van der Waals surface area contributed by atoms with Crippen molar-refractivity contribution in [2.75, 3.05) is 32.4 Å². The normalized spacial score (nSPS) is 15.7. The Labute approximate surface area is 330 Å². The maximum absolute atomic E-state index is 13.6. The molecule has 2 aliphatic rings. The van der Waals surface area contributed by atoms with Crippen LogP contribution >= 0.6 is 11.8 Å². The average Bonchev–Trinajstić information content (AvgIpc) is 3.99. The Morgan fingerprint density at radius 3 is 2.27 bits per heavy atom. The summed E-state index contributed by atoms with van der Waals surface area (Å²) in [5, 5.41) is 8.17. The Bertz CT molecular complexity index is 2050. The third-order valence-electron chi connectivity index (χ3n) is 9.99. The molecule has 16 heteroatoms. The minimum absolute atomic E-state index is 0.0757. The van der Waals surface area contributed by atoms with Gasteiger partial charge in [0, 0.05) is 36.3 Å². The van der Waals surface area contributed by atoms with E-state index in [-0.39, 0.29) is 29.7 Å². The van der Waals surface area contributed by atoms with Crippen molar-refractivity contribution in [3.63, 3.8) is 0 Å². The number of imidazole rings is 2. The van der Waals surface area contributed by atoms with Crippen LogP contribution in [0.5, 0.6) is 11.5 Å². The first-order chi connectivity index (χ1) is 26.9. The smallest absolute Gasteiger partial charge is 0.407 e. The van der Waals surface area contributed by atoms with Crippen molar-refractivity contribution in [3.8, 4) is 34.0 Å². The van der Waals surface area contributed by atoms with Crippen molar-refractivity contribution in [2.24, 2.45) is 11.8 Å². The van der Waals surface area contributed by atoms with E-state index in [1.165, 1.54) is 14.2 Å². The molecule has 5 N–H and O–H groups in total. The predicted molar refractivity (Wildman–Crippen MR) is 212 cm³/mol. The van der Waals surface area contributed by atoms with Crippen molar-refractivity contribution in [2.45, 2.75) is 71.5 Å². The van der Waals surface area contributed by atoms with Crippen LogP contribution in [0.1, 0.15) is 69.4 Å². The molecule has 0 spiro atoms. The summed E-state index contributed by atoms with van der Waals surface area (Å²) in [5.41, 5.74) is 5.80. The molecule has 15 nitrogen and oxygen atoms in total. The minimum Gasteiger partial charge on any atom is -0.457 e. The van der Waals surface area contributed by atoms with Crippen molar-refractivity contribution in [1.82, 2.24) is 40.8 Å². The van der Waals surface area contributed by atoms with Gasteiger partial charge in [0.25, 0.3) is 0 Å². The van der Waals surface area contributed by atoms with E-state index in [0.29, 0.717) is 30.4 Å². The number of rotatable bonds is 14. The highest BCUT2D eigenvalue weighted by Crippen LogP contribution is 2.40. The maximum atomic E-state index is 13.6. The molecule has 0 radical (unpaired) electrons. The number of hydrogen-bond donors (Lipinski definition) is 5. The number of carbonyl (C=O) groups is 4. The fourth-order valence-corrected chi connectivity index (χ4v) is 7.96. The van der Waals surface area contributed by atoms with Crippen LogP contribution in [0.4, 0.5) is 9.59 Å². The van der Waals surface area contributed by atoms with E-state index in [9.17, 15) is 19.2 Å². The molecular formula is C40H50N8O7S. The first-order valence-electron chi connectivity index (χ1n) is 18.8. The number of fused-ring (bicyclic) bond motifs is 2. The number of benzene rings is 2. The number of amides is 4. The van der Waals surface area contributed by atoms with Crippen LogP contribution < -0.4 is 20.7 Å². The van der Waals surface area contributed by atoms with E-state index in [1.807, 2.05) is 52.1 Å². The minimum atomic E-state index is -0.706. The Morgan fingerprint density at radius 1 is 0.857 bits per heavy atom. The van der Waals surface area contributed by atoms with Gasteiger partial charge < -0.3 is 45.0 Å². The zero-order valence-corrected chi connectivity index (χ0v) is 33.4. The third kappa shape index (κ3) is 9.29. The van der Waals surface area contributed by atoms with Crippen molar-refractivity contribution < 1.29 is 33.4 Å². The van der Waals surface area contributed by atoms with Crippen LogP contribution in [-0.2, 0) is 31.9 Å². The molecule has 1 fully saturated rings. The summed E-state index contributed by atoms with van der Waals surface area (Å²) in [6.07, 6.45) is 5.37. The van der Waals surface area contributed by atoms with Gasteiger partial charge in [-0.05, 0) is 60.1 Å². The Balaban J connectivity index is 1.04. The number of thioether (sulfide) groups is 1. The van der Waals surface area contributed by atoms with E-state index >= 15 is 0 Å². The summed E-state index contributed by atoms with van der Waals surface area (Å²) in [6.45, 7) is 8.01. The molecule has 3 atom stereocenters. The molecule has 0 saturated carbocycles. The summed E-state index contributed by atoms with van der Waals surface area (Å²) in [7, 11) is 2.56. The number of carbonyl (C=O) groups excluding carboxylic acids is 4. The molecule has 1 saturated heterocycles. The quantitative estimate of drug-likeness (QED) is 0.0842. The summed E-state index contributed by atoms with van der Waals surface area (Å²) in [5.74, 6) is 3.75. The monoisotopic (exact) mass is 786 g/mol. The molecule has 2 aromatic heterocycles. The zero-order valence-electron chi connectivity index (χ0n) is 32.6. The van der Waals surface area contributed by atoms with E-state index < -0.39 is 24.3 Å². The number of H-pyrrole nitrogens is 2. The van der Waals surface area contributed by atoms with Crippen LogP contribution in [-0.4, -0.2) is 93.3 Å². The maximum Gasteiger partial charge on any atom is 0.407 e. The van der Waals surface area contributed by atoms with Gasteiger partial charge in [-0.15, -0.1) is 11.8 Å². The highest BCUT2D eigenvalue weighted by atomic mass is 32.2.